The van der Waals surface area contributed by atoms with E-state index in [4.69, 9.17) is 11.6 Å². The van der Waals surface area contributed by atoms with Crippen molar-refractivity contribution in [1.29, 1.82) is 0 Å². The highest BCUT2D eigenvalue weighted by atomic mass is 35.5. The lowest BCUT2D eigenvalue weighted by molar-refractivity contribution is 0.230. The molecular weight excluding hydrogens is 207 g/mol. The quantitative estimate of drug-likeness (QED) is 0.769. The Morgan fingerprint density at radius 1 is 1.50 bits per heavy atom. The Morgan fingerprint density at radius 3 is 2.64 bits per heavy atom. The van der Waals surface area contributed by atoms with Crippen LogP contribution < -0.4 is 5.32 Å². The molecule has 0 aliphatic heterocycles. The monoisotopic (exact) mass is 216 g/mol. The van der Waals surface area contributed by atoms with Crippen molar-refractivity contribution in [2.45, 2.75) is 0 Å². The molecule has 1 rings (SSSR count). The Bertz CT molecular complexity index is 334. The van der Waals surface area contributed by atoms with Crippen LogP contribution in [-0.2, 0) is 0 Å². The molecule has 2 amide bonds. The lowest BCUT2D eigenvalue weighted by Crippen LogP contribution is -2.27. The molecule has 1 aromatic rings. The molecule has 0 radical (unpaired) electrons. The molecule has 0 aromatic heterocycles. The fourth-order valence-corrected chi connectivity index (χ4v) is 1.05. The lowest BCUT2D eigenvalue weighted by Gasteiger charge is -2.13. The fourth-order valence-electron chi connectivity index (χ4n) is 0.836. The topological polar surface area (TPSA) is 32.3 Å². The zero-order valence-corrected chi connectivity index (χ0v) is 8.60. The number of para-hydroxylation sites is 1. The SMILES string of the molecule is CN(C)C(=O)Nc1c(F)cccc1Cl. The number of urea groups is 1. The van der Waals surface area contributed by atoms with Gasteiger partial charge in [0.15, 0.2) is 0 Å². The maximum atomic E-state index is 13.2. The van der Waals surface area contributed by atoms with E-state index >= 15 is 0 Å². The molecule has 1 N–H and O–H groups in total. The molecule has 1 aromatic carbocycles. The van der Waals surface area contributed by atoms with Crippen molar-refractivity contribution in [3.63, 3.8) is 0 Å². The van der Waals surface area contributed by atoms with Gasteiger partial charge in [0.2, 0.25) is 0 Å². The minimum absolute atomic E-state index is 0.00728. The third-order valence-corrected chi connectivity index (χ3v) is 1.92. The first-order valence-corrected chi connectivity index (χ1v) is 4.32. The van der Waals surface area contributed by atoms with E-state index in [1.807, 2.05) is 0 Å². The second-order valence-corrected chi connectivity index (χ2v) is 3.33. The molecule has 0 spiro atoms. The van der Waals surface area contributed by atoms with E-state index < -0.39 is 11.8 Å². The minimum Gasteiger partial charge on any atom is -0.331 e. The Balaban J connectivity index is 2.91. The molecule has 3 nitrogen and oxygen atoms in total. The summed E-state index contributed by atoms with van der Waals surface area (Å²) in [6.45, 7) is 0. The minimum atomic E-state index is -0.548. The predicted octanol–water partition coefficient (Wildman–Crippen LogP) is 2.57. The molecule has 0 saturated heterocycles. The standard InChI is InChI=1S/C9H10ClFN2O/c1-13(2)9(14)12-8-6(10)4-3-5-7(8)11/h3-5H,1-2H3,(H,12,14). The van der Waals surface area contributed by atoms with Crippen LogP contribution in [0.25, 0.3) is 0 Å². The van der Waals surface area contributed by atoms with Gasteiger partial charge in [-0.25, -0.2) is 9.18 Å². The van der Waals surface area contributed by atoms with Gasteiger partial charge in [-0.1, -0.05) is 17.7 Å². The van der Waals surface area contributed by atoms with Gasteiger partial charge in [-0.2, -0.15) is 0 Å². The second kappa shape index (κ2) is 4.28. The molecule has 76 valence electrons. The van der Waals surface area contributed by atoms with Gasteiger partial charge in [0, 0.05) is 14.1 Å². The van der Waals surface area contributed by atoms with E-state index in [0.717, 1.165) is 0 Å². The first-order valence-electron chi connectivity index (χ1n) is 3.94. The van der Waals surface area contributed by atoms with Crippen molar-refractivity contribution >= 4 is 23.3 Å². The van der Waals surface area contributed by atoms with E-state index in [-0.39, 0.29) is 10.7 Å². The van der Waals surface area contributed by atoms with Crippen LogP contribution in [0.2, 0.25) is 5.02 Å². The first-order chi connectivity index (χ1) is 6.52. The number of amides is 2. The zero-order chi connectivity index (χ0) is 10.7. The zero-order valence-electron chi connectivity index (χ0n) is 7.84. The van der Waals surface area contributed by atoms with E-state index in [1.54, 1.807) is 14.1 Å². The first kappa shape index (κ1) is 10.8. The van der Waals surface area contributed by atoms with Crippen molar-refractivity contribution < 1.29 is 9.18 Å². The largest absolute Gasteiger partial charge is 0.331 e. The number of benzene rings is 1. The number of anilines is 1. The molecule has 0 bridgehead atoms. The van der Waals surface area contributed by atoms with Gasteiger partial charge in [0.05, 0.1) is 10.7 Å². The van der Waals surface area contributed by atoms with Gasteiger partial charge >= 0.3 is 6.03 Å². The lowest BCUT2D eigenvalue weighted by atomic mass is 10.3. The molecule has 0 unspecified atom stereocenters. The van der Waals surface area contributed by atoms with Crippen molar-refractivity contribution in [3.8, 4) is 0 Å². The average Bonchev–Trinajstić information content (AvgIpc) is 2.11. The number of carbonyl (C=O) groups excluding carboxylic acids is 1. The van der Waals surface area contributed by atoms with E-state index in [2.05, 4.69) is 5.32 Å². The average molecular weight is 217 g/mol. The second-order valence-electron chi connectivity index (χ2n) is 2.92. The van der Waals surface area contributed by atoms with Crippen LogP contribution >= 0.6 is 11.6 Å². The van der Waals surface area contributed by atoms with Crippen molar-refractivity contribution in [3.05, 3.63) is 29.0 Å². The summed E-state index contributed by atoms with van der Waals surface area (Å²) in [5.41, 5.74) is 0.00728. The van der Waals surface area contributed by atoms with Crippen LogP contribution in [-0.4, -0.2) is 25.0 Å². The summed E-state index contributed by atoms with van der Waals surface area (Å²) in [7, 11) is 3.12. The van der Waals surface area contributed by atoms with Crippen molar-refractivity contribution in [2.75, 3.05) is 19.4 Å². The molecule has 0 heterocycles. The van der Waals surface area contributed by atoms with Gasteiger partial charge in [-0.15, -0.1) is 0 Å². The number of carbonyl (C=O) groups is 1. The highest BCUT2D eigenvalue weighted by molar-refractivity contribution is 6.33. The Kier molecular flexibility index (Phi) is 3.30. The molecule has 5 heteroatoms. The number of rotatable bonds is 1. The summed E-state index contributed by atoms with van der Waals surface area (Å²) < 4.78 is 13.2. The summed E-state index contributed by atoms with van der Waals surface area (Å²) in [5.74, 6) is -0.548. The maximum Gasteiger partial charge on any atom is 0.321 e. The van der Waals surface area contributed by atoms with Gasteiger partial charge in [-0.3, -0.25) is 0 Å². The molecule has 0 saturated carbocycles. The number of nitrogens with one attached hydrogen (secondary N) is 1. The van der Waals surface area contributed by atoms with E-state index in [0.29, 0.717) is 0 Å². The van der Waals surface area contributed by atoms with Gasteiger partial charge in [-0.05, 0) is 12.1 Å². The van der Waals surface area contributed by atoms with Crippen molar-refractivity contribution in [2.24, 2.45) is 0 Å². The Labute approximate surface area is 86.5 Å². The molecule has 0 aliphatic carbocycles. The molecule has 0 atom stereocenters. The molecule has 0 fully saturated rings. The van der Waals surface area contributed by atoms with Gasteiger partial charge in [0.1, 0.15) is 5.82 Å². The summed E-state index contributed by atoms with van der Waals surface area (Å²) in [6, 6.07) is 3.80. The summed E-state index contributed by atoms with van der Waals surface area (Å²) >= 11 is 5.71. The van der Waals surface area contributed by atoms with Crippen LogP contribution in [0.4, 0.5) is 14.9 Å². The molecule has 14 heavy (non-hydrogen) atoms. The fraction of sp³-hybridized carbons (Fsp3) is 0.222. The summed E-state index contributed by atoms with van der Waals surface area (Å²) in [5, 5.41) is 2.54. The Hall–Kier alpha value is -1.29. The van der Waals surface area contributed by atoms with Crippen LogP contribution in [0, 0.1) is 5.82 Å². The number of hydrogen-bond donors (Lipinski definition) is 1. The van der Waals surface area contributed by atoms with Gasteiger partial charge < -0.3 is 10.2 Å². The third kappa shape index (κ3) is 2.35. The number of halogens is 2. The van der Waals surface area contributed by atoms with Gasteiger partial charge in [0.25, 0.3) is 0 Å². The van der Waals surface area contributed by atoms with E-state index in [1.165, 1.54) is 23.1 Å². The highest BCUT2D eigenvalue weighted by Crippen LogP contribution is 2.24. The number of hydrogen-bond acceptors (Lipinski definition) is 1. The molecular formula is C9H10ClFN2O. The normalized spacial score (nSPS) is 9.71. The third-order valence-electron chi connectivity index (χ3n) is 1.60. The van der Waals surface area contributed by atoms with Crippen LogP contribution in [0.3, 0.4) is 0 Å². The molecule has 0 aliphatic rings. The summed E-state index contributed by atoms with van der Waals surface area (Å²) in [4.78, 5) is 12.5. The maximum absolute atomic E-state index is 13.2. The van der Waals surface area contributed by atoms with Crippen molar-refractivity contribution in [1.82, 2.24) is 4.90 Å². The predicted molar refractivity (Wildman–Crippen MR) is 54.1 cm³/mol. The van der Waals surface area contributed by atoms with Crippen LogP contribution in [0.15, 0.2) is 18.2 Å². The van der Waals surface area contributed by atoms with E-state index in [9.17, 15) is 9.18 Å². The smallest absolute Gasteiger partial charge is 0.321 e. The van der Waals surface area contributed by atoms with Crippen LogP contribution in [0.1, 0.15) is 0 Å². The Morgan fingerprint density at radius 2 is 2.14 bits per heavy atom. The highest BCUT2D eigenvalue weighted by Gasteiger charge is 2.11. The van der Waals surface area contributed by atoms with Crippen LogP contribution in [0.5, 0.6) is 0 Å². The summed E-state index contributed by atoms with van der Waals surface area (Å²) in [6.07, 6.45) is 0. The number of nitrogens with zero attached hydrogens (tertiary/aromatic N) is 1.